The Morgan fingerprint density at radius 3 is 2.82 bits per heavy atom. The lowest BCUT2D eigenvalue weighted by Gasteiger charge is -2.16. The molecule has 0 saturated carbocycles. The molecule has 1 atom stereocenters. The van der Waals surface area contributed by atoms with E-state index >= 15 is 0 Å². The second-order valence-electron chi connectivity index (χ2n) is 8.77. The van der Waals surface area contributed by atoms with Crippen molar-refractivity contribution in [3.63, 3.8) is 0 Å². The third-order valence-electron chi connectivity index (χ3n) is 6.13. The minimum atomic E-state index is -0.346. The monoisotopic (exact) mass is 524 g/mol. The number of fused-ring (bicyclic) bond motifs is 7. The first-order valence-electron chi connectivity index (χ1n) is 11.1. The molecule has 9 nitrogen and oxygen atoms in total. The molecule has 1 aliphatic heterocycles. The second-order valence-corrected chi connectivity index (χ2v) is 9.69. The van der Waals surface area contributed by atoms with E-state index in [0.717, 1.165) is 28.3 Å². The van der Waals surface area contributed by atoms with E-state index < -0.39 is 0 Å². The molecular formula is C24H25BrN6O3. The van der Waals surface area contributed by atoms with Crippen LogP contribution in [0.15, 0.2) is 45.9 Å². The average molecular weight is 525 g/mol. The number of imidazole rings is 1. The van der Waals surface area contributed by atoms with Crippen LogP contribution in [-0.4, -0.2) is 36.4 Å². The standard InChI is InChI=1S/C24H25BrN6O3/c1-14-5-4-8-34-23-18(11-26-30(23)3)17-9-15(13-29(2)22(17)33)21(32)28-24-27-19-7-6-16(25)10-20(19)31(24)12-14/h6-7,9-11,13-14H,4-5,8,12H2,1-3H3,(H,27,28,32)/t14-/m1/s1. The molecule has 176 valence electrons. The molecule has 4 heterocycles. The minimum Gasteiger partial charge on any atom is -0.477 e. The predicted molar refractivity (Wildman–Crippen MR) is 133 cm³/mol. The molecule has 2 bridgehead atoms. The van der Waals surface area contributed by atoms with Gasteiger partial charge in [-0.15, -0.1) is 0 Å². The number of carbonyl (C=O) groups is 1. The Hall–Kier alpha value is -3.40. The Morgan fingerprint density at radius 2 is 2.00 bits per heavy atom. The summed E-state index contributed by atoms with van der Waals surface area (Å²) in [6, 6.07) is 7.46. The van der Waals surface area contributed by atoms with Gasteiger partial charge in [-0.25, -0.2) is 9.67 Å². The van der Waals surface area contributed by atoms with Crippen LogP contribution < -0.4 is 15.6 Å². The van der Waals surface area contributed by atoms with Crippen LogP contribution >= 0.6 is 15.9 Å². The first kappa shape index (κ1) is 22.4. The van der Waals surface area contributed by atoms with Crippen molar-refractivity contribution in [3.8, 4) is 17.0 Å². The van der Waals surface area contributed by atoms with Crippen molar-refractivity contribution in [2.24, 2.45) is 20.0 Å². The van der Waals surface area contributed by atoms with Gasteiger partial charge in [0.1, 0.15) is 0 Å². The van der Waals surface area contributed by atoms with Crippen LogP contribution in [0.4, 0.5) is 5.95 Å². The molecule has 0 aliphatic carbocycles. The number of aryl methyl sites for hydroxylation is 2. The highest BCUT2D eigenvalue weighted by Crippen LogP contribution is 2.30. The Kier molecular flexibility index (Phi) is 5.76. The third-order valence-corrected chi connectivity index (χ3v) is 6.62. The summed E-state index contributed by atoms with van der Waals surface area (Å²) in [4.78, 5) is 31.0. The lowest BCUT2D eigenvalue weighted by Crippen LogP contribution is -2.23. The molecule has 0 saturated heterocycles. The van der Waals surface area contributed by atoms with Crippen LogP contribution in [0.5, 0.6) is 5.88 Å². The van der Waals surface area contributed by atoms with Crippen LogP contribution in [-0.2, 0) is 20.6 Å². The Morgan fingerprint density at radius 1 is 1.18 bits per heavy atom. The molecule has 4 aromatic rings. The summed E-state index contributed by atoms with van der Waals surface area (Å²) in [6.07, 6.45) is 4.89. The zero-order valence-electron chi connectivity index (χ0n) is 19.2. The molecule has 0 radical (unpaired) electrons. The van der Waals surface area contributed by atoms with Crippen LogP contribution in [0.25, 0.3) is 22.2 Å². The molecule has 1 aliphatic rings. The molecular weight excluding hydrogens is 500 g/mol. The maximum absolute atomic E-state index is 13.3. The number of aromatic nitrogens is 5. The van der Waals surface area contributed by atoms with Gasteiger partial charge in [0.15, 0.2) is 0 Å². The molecule has 1 aromatic carbocycles. The van der Waals surface area contributed by atoms with Gasteiger partial charge < -0.3 is 13.9 Å². The maximum atomic E-state index is 13.3. The Bertz CT molecular complexity index is 1470. The van der Waals surface area contributed by atoms with Crippen LogP contribution in [0.3, 0.4) is 0 Å². The van der Waals surface area contributed by atoms with Gasteiger partial charge in [-0.1, -0.05) is 22.9 Å². The fourth-order valence-corrected chi connectivity index (χ4v) is 4.71. The lowest BCUT2D eigenvalue weighted by molar-refractivity contribution is 0.102. The molecule has 34 heavy (non-hydrogen) atoms. The number of amides is 1. The van der Waals surface area contributed by atoms with E-state index in [1.807, 2.05) is 22.8 Å². The van der Waals surface area contributed by atoms with Gasteiger partial charge in [-0.2, -0.15) is 5.10 Å². The number of carbonyl (C=O) groups excluding carboxylic acids is 1. The number of anilines is 1. The number of halogens is 1. The van der Waals surface area contributed by atoms with Crippen LogP contribution in [0.1, 0.15) is 30.1 Å². The average Bonchev–Trinajstić information content (AvgIpc) is 3.32. The normalized spacial score (nSPS) is 16.7. The molecule has 10 heteroatoms. The summed E-state index contributed by atoms with van der Waals surface area (Å²) in [5.74, 6) is 0.967. The van der Waals surface area contributed by atoms with Crippen LogP contribution in [0, 0.1) is 5.92 Å². The van der Waals surface area contributed by atoms with Crippen molar-refractivity contribution in [2.75, 3.05) is 11.9 Å². The van der Waals surface area contributed by atoms with Crippen molar-refractivity contribution in [2.45, 2.75) is 26.3 Å². The van der Waals surface area contributed by atoms with Gasteiger partial charge in [-0.3, -0.25) is 14.9 Å². The minimum absolute atomic E-state index is 0.232. The van der Waals surface area contributed by atoms with E-state index in [4.69, 9.17) is 9.72 Å². The fourth-order valence-electron chi connectivity index (χ4n) is 4.36. The van der Waals surface area contributed by atoms with Crippen molar-refractivity contribution >= 4 is 38.8 Å². The van der Waals surface area contributed by atoms with E-state index in [1.165, 1.54) is 10.8 Å². The van der Waals surface area contributed by atoms with E-state index in [0.29, 0.717) is 47.6 Å². The summed E-state index contributed by atoms with van der Waals surface area (Å²) in [6.45, 7) is 3.37. The summed E-state index contributed by atoms with van der Waals surface area (Å²) in [5.41, 5.74) is 2.78. The number of rotatable bonds is 0. The molecule has 1 N–H and O–H groups in total. The summed E-state index contributed by atoms with van der Waals surface area (Å²) >= 11 is 3.54. The van der Waals surface area contributed by atoms with E-state index in [2.05, 4.69) is 33.3 Å². The van der Waals surface area contributed by atoms with Gasteiger partial charge in [0, 0.05) is 31.3 Å². The first-order chi connectivity index (χ1) is 16.3. The van der Waals surface area contributed by atoms with Gasteiger partial charge in [0.2, 0.25) is 11.8 Å². The number of nitrogens with zero attached hydrogens (tertiary/aromatic N) is 5. The molecule has 1 amide bonds. The summed E-state index contributed by atoms with van der Waals surface area (Å²) in [7, 11) is 3.40. The number of hydrogen-bond donors (Lipinski definition) is 1. The van der Waals surface area contributed by atoms with Crippen molar-refractivity contribution in [1.29, 1.82) is 0 Å². The highest BCUT2D eigenvalue weighted by atomic mass is 79.9. The smallest absolute Gasteiger partial charge is 0.259 e. The molecule has 3 aromatic heterocycles. The quantitative estimate of drug-likeness (QED) is 0.375. The molecule has 0 unspecified atom stereocenters. The number of nitrogens with one attached hydrogen (secondary N) is 1. The summed E-state index contributed by atoms with van der Waals surface area (Å²) < 4.78 is 12.1. The second kappa shape index (κ2) is 8.75. The first-order valence-corrected chi connectivity index (χ1v) is 11.9. The number of pyridine rings is 1. The van der Waals surface area contributed by atoms with Gasteiger partial charge in [0.05, 0.1) is 40.5 Å². The van der Waals surface area contributed by atoms with Crippen molar-refractivity contribution < 1.29 is 9.53 Å². The van der Waals surface area contributed by atoms with E-state index in [9.17, 15) is 9.59 Å². The third kappa shape index (κ3) is 4.02. The highest BCUT2D eigenvalue weighted by molar-refractivity contribution is 9.10. The van der Waals surface area contributed by atoms with Gasteiger partial charge in [0.25, 0.3) is 11.5 Å². The zero-order chi connectivity index (χ0) is 24.0. The van der Waals surface area contributed by atoms with Gasteiger partial charge in [-0.05, 0) is 43.0 Å². The molecule has 0 fully saturated rings. The van der Waals surface area contributed by atoms with Crippen molar-refractivity contribution in [1.82, 2.24) is 23.9 Å². The maximum Gasteiger partial charge on any atom is 0.259 e. The van der Waals surface area contributed by atoms with Crippen LogP contribution in [0.2, 0.25) is 0 Å². The SMILES string of the molecule is C[C@@H]1CCCOc2c(cnn2C)-c2cc(cn(C)c2=O)C(=O)Nc2nc3ccc(Br)cc3n2C1. The largest absolute Gasteiger partial charge is 0.477 e. The van der Waals surface area contributed by atoms with Crippen molar-refractivity contribution in [3.05, 3.63) is 57.0 Å². The topological polar surface area (TPSA) is 96.0 Å². The zero-order valence-corrected chi connectivity index (χ0v) is 20.8. The van der Waals surface area contributed by atoms with E-state index in [1.54, 1.807) is 31.0 Å². The Balaban J connectivity index is 1.66. The number of hydrogen-bond acceptors (Lipinski definition) is 5. The highest BCUT2D eigenvalue weighted by Gasteiger charge is 2.22. The number of ether oxygens (including phenoxy) is 1. The predicted octanol–water partition coefficient (Wildman–Crippen LogP) is 3.96. The molecule has 0 spiro atoms. The summed E-state index contributed by atoms with van der Waals surface area (Å²) in [5, 5.41) is 7.26. The lowest BCUT2D eigenvalue weighted by atomic mass is 10.1. The fraction of sp³-hybridized carbons (Fsp3) is 0.333. The van der Waals surface area contributed by atoms with E-state index in [-0.39, 0.29) is 11.5 Å². The van der Waals surface area contributed by atoms with Gasteiger partial charge >= 0.3 is 0 Å². The molecule has 5 rings (SSSR count). The Labute approximate surface area is 204 Å². The number of benzene rings is 1.